The first-order valence-corrected chi connectivity index (χ1v) is 4.89. The molecule has 0 radical (unpaired) electrons. The SMILES string of the molecule is F[C@H](O[C@H](F)C(Cl)(Cl)Cl)C(Cl)(Cl)Cl. The Labute approximate surface area is 103 Å². The average Bonchev–Trinajstić information content (AvgIpc) is 1.82. The number of hydrogen-bond acceptors (Lipinski definition) is 1. The normalized spacial score (nSPS) is 18.5. The predicted octanol–water partition coefficient (Wildman–Crippen LogP) is 4.33. The molecule has 0 aliphatic rings. The second-order valence-corrected chi connectivity index (χ2v) is 6.59. The first-order chi connectivity index (χ1) is 5.55. The number of halogens is 8. The van der Waals surface area contributed by atoms with Crippen LogP contribution in [0.5, 0.6) is 0 Å². The van der Waals surface area contributed by atoms with E-state index in [0.29, 0.717) is 0 Å². The van der Waals surface area contributed by atoms with Crippen LogP contribution in [0.2, 0.25) is 0 Å². The Morgan fingerprint density at radius 1 is 0.769 bits per heavy atom. The van der Waals surface area contributed by atoms with Gasteiger partial charge in [0.1, 0.15) is 0 Å². The lowest BCUT2D eigenvalue weighted by atomic mass is 10.7. The van der Waals surface area contributed by atoms with Gasteiger partial charge in [-0.2, -0.15) is 0 Å². The van der Waals surface area contributed by atoms with E-state index < -0.39 is 20.3 Å². The van der Waals surface area contributed by atoms with Gasteiger partial charge in [-0.15, -0.1) is 0 Å². The van der Waals surface area contributed by atoms with Crippen molar-refractivity contribution in [3.63, 3.8) is 0 Å². The maximum Gasteiger partial charge on any atom is 0.249 e. The summed E-state index contributed by atoms with van der Waals surface area (Å²) in [4.78, 5) is 0. The molecular weight excluding hydrogens is 315 g/mol. The molecule has 0 aromatic carbocycles. The van der Waals surface area contributed by atoms with Gasteiger partial charge in [-0.25, -0.2) is 8.78 Å². The Bertz CT molecular complexity index is 147. The van der Waals surface area contributed by atoms with Gasteiger partial charge in [0.25, 0.3) is 0 Å². The first kappa shape index (κ1) is 14.6. The summed E-state index contributed by atoms with van der Waals surface area (Å²) >= 11 is 30.1. The molecule has 1 nitrogen and oxygen atoms in total. The van der Waals surface area contributed by atoms with Crippen molar-refractivity contribution in [3.05, 3.63) is 0 Å². The van der Waals surface area contributed by atoms with Crippen LogP contribution in [0.3, 0.4) is 0 Å². The van der Waals surface area contributed by atoms with Crippen LogP contribution in [0.1, 0.15) is 0 Å². The lowest BCUT2D eigenvalue weighted by molar-refractivity contribution is -0.134. The van der Waals surface area contributed by atoms with Crippen molar-refractivity contribution in [1.29, 1.82) is 0 Å². The summed E-state index contributed by atoms with van der Waals surface area (Å²) in [6, 6.07) is 0. The fraction of sp³-hybridized carbons (Fsp3) is 1.00. The minimum atomic E-state index is -2.52. The van der Waals surface area contributed by atoms with E-state index in [9.17, 15) is 8.78 Å². The quantitative estimate of drug-likeness (QED) is 0.689. The van der Waals surface area contributed by atoms with Crippen molar-refractivity contribution >= 4 is 69.6 Å². The van der Waals surface area contributed by atoms with Crippen LogP contribution in [0.4, 0.5) is 8.78 Å². The fourth-order valence-corrected chi connectivity index (χ4v) is 0.568. The van der Waals surface area contributed by atoms with Gasteiger partial charge in [-0.3, -0.25) is 0 Å². The Kier molecular flexibility index (Phi) is 5.67. The molecule has 0 aliphatic carbocycles. The Hall–Kier alpha value is 1.56. The largest absolute Gasteiger partial charge is 0.306 e. The zero-order valence-electron chi connectivity index (χ0n) is 5.59. The molecule has 0 fully saturated rings. The molecule has 0 spiro atoms. The Morgan fingerprint density at radius 2 is 1.00 bits per heavy atom. The topological polar surface area (TPSA) is 9.23 Å². The second kappa shape index (κ2) is 5.06. The van der Waals surface area contributed by atoms with Gasteiger partial charge in [0, 0.05) is 0 Å². The molecule has 0 saturated carbocycles. The number of alkyl halides is 8. The highest BCUT2D eigenvalue weighted by Gasteiger charge is 2.42. The van der Waals surface area contributed by atoms with Crippen LogP contribution in [0, 0.1) is 0 Å². The lowest BCUT2D eigenvalue weighted by Gasteiger charge is -2.22. The van der Waals surface area contributed by atoms with Crippen molar-refractivity contribution in [3.8, 4) is 0 Å². The Morgan fingerprint density at radius 3 is 1.15 bits per heavy atom. The zero-order chi connectivity index (χ0) is 10.9. The maximum absolute atomic E-state index is 12.7. The summed E-state index contributed by atoms with van der Waals surface area (Å²) in [6.45, 7) is 0. The van der Waals surface area contributed by atoms with Gasteiger partial charge in [-0.05, 0) is 0 Å². The van der Waals surface area contributed by atoms with Crippen molar-refractivity contribution in [2.75, 3.05) is 0 Å². The summed E-state index contributed by atoms with van der Waals surface area (Å²) in [5, 5.41) is 0. The molecule has 0 rings (SSSR count). The molecule has 0 aromatic heterocycles. The molecule has 0 bridgehead atoms. The molecule has 9 heteroatoms. The van der Waals surface area contributed by atoms with Crippen LogP contribution >= 0.6 is 69.6 Å². The van der Waals surface area contributed by atoms with Gasteiger partial charge >= 0.3 is 0 Å². The van der Waals surface area contributed by atoms with Gasteiger partial charge in [0.15, 0.2) is 0 Å². The minimum Gasteiger partial charge on any atom is -0.306 e. The zero-order valence-corrected chi connectivity index (χ0v) is 10.1. The van der Waals surface area contributed by atoms with E-state index in [2.05, 4.69) is 4.74 Å². The summed E-state index contributed by atoms with van der Waals surface area (Å²) in [5.74, 6) is 0. The van der Waals surface area contributed by atoms with E-state index in [4.69, 9.17) is 69.6 Å². The van der Waals surface area contributed by atoms with E-state index in [0.717, 1.165) is 0 Å². The summed E-state index contributed by atoms with van der Waals surface area (Å²) < 4.78 is 24.3. The van der Waals surface area contributed by atoms with Crippen LogP contribution in [-0.4, -0.2) is 20.3 Å². The molecule has 13 heavy (non-hydrogen) atoms. The average molecular weight is 317 g/mol. The third kappa shape index (κ3) is 5.88. The molecule has 0 heterocycles. The maximum atomic E-state index is 12.7. The highest BCUT2D eigenvalue weighted by Crippen LogP contribution is 2.38. The number of hydrogen-bond donors (Lipinski definition) is 0. The lowest BCUT2D eigenvalue weighted by Crippen LogP contribution is -2.33. The highest BCUT2D eigenvalue weighted by atomic mass is 35.6. The van der Waals surface area contributed by atoms with E-state index in [1.165, 1.54) is 0 Å². The van der Waals surface area contributed by atoms with Crippen LogP contribution < -0.4 is 0 Å². The van der Waals surface area contributed by atoms with Gasteiger partial charge < -0.3 is 4.74 Å². The smallest absolute Gasteiger partial charge is 0.249 e. The molecule has 0 unspecified atom stereocenters. The third-order valence-corrected chi connectivity index (χ3v) is 1.78. The number of rotatable bonds is 2. The predicted molar refractivity (Wildman–Crippen MR) is 51.5 cm³/mol. The van der Waals surface area contributed by atoms with E-state index in [1.807, 2.05) is 0 Å². The molecule has 2 atom stereocenters. The van der Waals surface area contributed by atoms with Crippen molar-refractivity contribution in [2.45, 2.75) is 20.3 Å². The first-order valence-electron chi connectivity index (χ1n) is 2.62. The van der Waals surface area contributed by atoms with Gasteiger partial charge in [0.2, 0.25) is 20.3 Å². The Balaban J connectivity index is 4.15. The number of ether oxygens (including phenoxy) is 1. The molecule has 0 N–H and O–H groups in total. The monoisotopic (exact) mass is 314 g/mol. The standard InChI is InChI=1S/C4H2Cl6F2O/c5-3(6,7)1(11)13-2(12)4(8,9)10/h1-2H/t1-,2+. The van der Waals surface area contributed by atoms with E-state index >= 15 is 0 Å². The van der Waals surface area contributed by atoms with Gasteiger partial charge in [-0.1, -0.05) is 69.6 Å². The third-order valence-electron chi connectivity index (χ3n) is 0.754. The van der Waals surface area contributed by atoms with E-state index in [1.54, 1.807) is 0 Å². The molecule has 0 aliphatic heterocycles. The van der Waals surface area contributed by atoms with Crippen molar-refractivity contribution < 1.29 is 13.5 Å². The van der Waals surface area contributed by atoms with Crippen molar-refractivity contribution in [1.82, 2.24) is 0 Å². The van der Waals surface area contributed by atoms with Crippen molar-refractivity contribution in [2.24, 2.45) is 0 Å². The second-order valence-electron chi connectivity index (χ2n) is 1.85. The van der Waals surface area contributed by atoms with E-state index in [-0.39, 0.29) is 0 Å². The molecule has 0 amide bonds. The molecular formula is C4H2Cl6F2O. The van der Waals surface area contributed by atoms with Crippen LogP contribution in [-0.2, 0) is 4.74 Å². The van der Waals surface area contributed by atoms with Crippen LogP contribution in [0.15, 0.2) is 0 Å². The fourth-order valence-electron chi connectivity index (χ4n) is 0.259. The van der Waals surface area contributed by atoms with Crippen LogP contribution in [0.25, 0.3) is 0 Å². The highest BCUT2D eigenvalue weighted by molar-refractivity contribution is 6.68. The summed E-state index contributed by atoms with van der Waals surface area (Å²) in [7, 11) is 0. The minimum absolute atomic E-state index is 2.43. The molecule has 0 saturated heterocycles. The summed E-state index contributed by atoms with van der Waals surface area (Å²) in [5.41, 5.74) is 0. The molecule has 80 valence electrons. The molecule has 0 aromatic rings. The van der Waals surface area contributed by atoms with Gasteiger partial charge in [0.05, 0.1) is 0 Å². The summed E-state index contributed by atoms with van der Waals surface area (Å²) in [6.07, 6.45) is -5.05.